The molecule has 1 aromatic heterocycles. The highest BCUT2D eigenvalue weighted by Gasteiger charge is 2.23. The summed E-state index contributed by atoms with van der Waals surface area (Å²) in [6.45, 7) is 0. The number of carboxylic acids is 1. The molecule has 0 aliphatic heterocycles. The lowest BCUT2D eigenvalue weighted by atomic mass is 10.1. The Morgan fingerprint density at radius 2 is 1.69 bits per heavy atom. The Balaban J connectivity index is 1.67. The molecular formula is C24H20Cl2N2O6S. The van der Waals surface area contributed by atoms with Crippen LogP contribution in [0.4, 0.5) is 0 Å². The monoisotopic (exact) mass is 534 g/mol. The van der Waals surface area contributed by atoms with Gasteiger partial charge in [0.15, 0.2) is 5.75 Å². The van der Waals surface area contributed by atoms with Gasteiger partial charge in [-0.1, -0.05) is 23.2 Å². The predicted molar refractivity (Wildman–Crippen MR) is 133 cm³/mol. The maximum Gasteiger partial charge on any atom is 0.320 e. The number of benzene rings is 3. The van der Waals surface area contributed by atoms with Gasteiger partial charge in [0.05, 0.1) is 26.9 Å². The van der Waals surface area contributed by atoms with E-state index in [1.54, 1.807) is 30.3 Å². The smallest absolute Gasteiger partial charge is 0.320 e. The molecule has 182 valence electrons. The van der Waals surface area contributed by atoms with Crippen molar-refractivity contribution >= 4 is 49.9 Å². The number of aliphatic carboxylic acids is 1. The molecule has 1 heterocycles. The van der Waals surface area contributed by atoms with Crippen LogP contribution >= 0.6 is 23.2 Å². The molecule has 4 rings (SSSR count). The molecule has 0 unspecified atom stereocenters. The largest absolute Gasteiger partial charge is 0.497 e. The number of hydrogen-bond donors (Lipinski definition) is 3. The number of rotatable bonds is 8. The normalized spacial score (nSPS) is 12.5. The number of nitrogens with one attached hydrogen (secondary N) is 1. The molecule has 4 N–H and O–H groups in total. The Morgan fingerprint density at radius 1 is 1.06 bits per heavy atom. The Labute approximate surface area is 211 Å². The van der Waals surface area contributed by atoms with Crippen molar-refractivity contribution in [3.63, 3.8) is 0 Å². The van der Waals surface area contributed by atoms with Gasteiger partial charge in [0, 0.05) is 17.1 Å². The molecular weight excluding hydrogens is 515 g/mol. The average molecular weight is 535 g/mol. The van der Waals surface area contributed by atoms with Crippen LogP contribution in [0.3, 0.4) is 0 Å². The van der Waals surface area contributed by atoms with Crippen LogP contribution in [0.2, 0.25) is 10.0 Å². The van der Waals surface area contributed by atoms with Crippen molar-refractivity contribution in [3.05, 3.63) is 76.4 Å². The van der Waals surface area contributed by atoms with Crippen molar-refractivity contribution in [2.75, 3.05) is 7.11 Å². The number of carboxylic acid groups (broad SMARTS) is 1. The zero-order valence-electron chi connectivity index (χ0n) is 18.3. The highest BCUT2D eigenvalue weighted by atomic mass is 35.5. The van der Waals surface area contributed by atoms with Gasteiger partial charge >= 0.3 is 5.97 Å². The van der Waals surface area contributed by atoms with E-state index in [-0.39, 0.29) is 32.0 Å². The molecule has 4 aromatic rings. The van der Waals surface area contributed by atoms with Gasteiger partial charge in [0.25, 0.3) is 0 Å². The number of aromatic nitrogens is 1. The average Bonchev–Trinajstić information content (AvgIpc) is 3.25. The Bertz CT molecular complexity index is 1490. The van der Waals surface area contributed by atoms with Crippen LogP contribution in [0.5, 0.6) is 17.2 Å². The number of halogens is 2. The van der Waals surface area contributed by atoms with Gasteiger partial charge in [-0.2, -0.15) is 0 Å². The summed E-state index contributed by atoms with van der Waals surface area (Å²) < 4.78 is 37.5. The SMILES string of the molecule is COc1ccc(S(=O)(=O)c2c[nH]c3ccc(Oc4c(Cl)cc(C[C@@H](N)C(=O)O)cc4Cl)cc23)cc1. The third-order valence-electron chi connectivity index (χ3n) is 5.33. The van der Waals surface area contributed by atoms with Crippen LogP contribution in [0, 0.1) is 0 Å². The fraction of sp³-hybridized carbons (Fsp3) is 0.125. The number of sulfone groups is 1. The minimum atomic E-state index is -3.83. The summed E-state index contributed by atoms with van der Waals surface area (Å²) in [7, 11) is -2.33. The lowest BCUT2D eigenvalue weighted by Gasteiger charge is -2.13. The molecule has 8 nitrogen and oxygen atoms in total. The van der Waals surface area contributed by atoms with Crippen LogP contribution in [0.25, 0.3) is 10.9 Å². The molecule has 0 aliphatic rings. The number of fused-ring (bicyclic) bond motifs is 1. The molecule has 35 heavy (non-hydrogen) atoms. The van der Waals surface area contributed by atoms with Gasteiger partial charge in [-0.15, -0.1) is 0 Å². The quantitative estimate of drug-likeness (QED) is 0.287. The predicted octanol–water partition coefficient (Wildman–Crippen LogP) is 5.06. The third-order valence-corrected chi connectivity index (χ3v) is 7.70. The minimum Gasteiger partial charge on any atom is -0.497 e. The second-order valence-electron chi connectivity index (χ2n) is 7.68. The standard InChI is InChI=1S/C24H20Cl2N2O6S/c1-33-14-2-5-16(6-3-14)35(31,32)22-12-28-21-7-4-15(11-17(21)22)34-23-18(25)8-13(9-19(23)26)10-20(27)24(29)30/h2-9,11-12,20,28H,10,27H2,1H3,(H,29,30)/t20-/m1/s1. The Kier molecular flexibility index (Phi) is 6.95. The first kappa shape index (κ1) is 24.9. The number of aromatic amines is 1. The summed E-state index contributed by atoms with van der Waals surface area (Å²) in [6.07, 6.45) is 1.46. The fourth-order valence-corrected chi connectivity index (χ4v) is 5.56. The minimum absolute atomic E-state index is 0.0386. The second kappa shape index (κ2) is 9.79. The lowest BCUT2D eigenvalue weighted by Crippen LogP contribution is -2.32. The van der Waals surface area contributed by atoms with E-state index in [4.69, 9.17) is 43.5 Å². The lowest BCUT2D eigenvalue weighted by molar-refractivity contribution is -0.138. The van der Waals surface area contributed by atoms with E-state index < -0.39 is 21.8 Å². The summed E-state index contributed by atoms with van der Waals surface area (Å²) in [5, 5.41) is 9.75. The van der Waals surface area contributed by atoms with E-state index in [0.717, 1.165) is 0 Å². The molecule has 0 spiro atoms. The van der Waals surface area contributed by atoms with E-state index >= 15 is 0 Å². The molecule has 0 aliphatic carbocycles. The first-order chi connectivity index (χ1) is 16.6. The number of methoxy groups -OCH3 is 1. The summed E-state index contributed by atoms with van der Waals surface area (Å²) in [5.74, 6) is -0.140. The van der Waals surface area contributed by atoms with Crippen LogP contribution in [0.1, 0.15) is 5.56 Å². The van der Waals surface area contributed by atoms with Gasteiger partial charge in [0.2, 0.25) is 9.84 Å². The molecule has 1 atom stereocenters. The molecule has 11 heteroatoms. The summed E-state index contributed by atoms with van der Waals surface area (Å²) in [5.41, 5.74) is 6.72. The highest BCUT2D eigenvalue weighted by molar-refractivity contribution is 7.91. The van der Waals surface area contributed by atoms with Gasteiger partial charge < -0.3 is 25.3 Å². The van der Waals surface area contributed by atoms with E-state index in [0.29, 0.717) is 28.0 Å². The summed E-state index contributed by atoms with van der Waals surface area (Å²) in [4.78, 5) is 14.2. The van der Waals surface area contributed by atoms with E-state index in [2.05, 4.69) is 4.98 Å². The van der Waals surface area contributed by atoms with Crippen molar-refractivity contribution in [2.24, 2.45) is 5.73 Å². The van der Waals surface area contributed by atoms with E-state index in [1.807, 2.05) is 0 Å². The van der Waals surface area contributed by atoms with Gasteiger partial charge in [0.1, 0.15) is 17.5 Å². The van der Waals surface area contributed by atoms with E-state index in [1.165, 1.54) is 37.6 Å². The van der Waals surface area contributed by atoms with Crippen LogP contribution in [-0.2, 0) is 21.1 Å². The maximum atomic E-state index is 13.3. The highest BCUT2D eigenvalue weighted by Crippen LogP contribution is 2.39. The van der Waals surface area contributed by atoms with Crippen LogP contribution < -0.4 is 15.2 Å². The molecule has 0 amide bonds. The molecule has 0 bridgehead atoms. The summed E-state index contributed by atoms with van der Waals surface area (Å²) in [6, 6.07) is 13.0. The van der Waals surface area contributed by atoms with E-state index in [9.17, 15) is 13.2 Å². The number of nitrogens with two attached hydrogens (primary N) is 1. The molecule has 0 fully saturated rings. The Hall–Kier alpha value is -3.24. The molecule has 3 aromatic carbocycles. The molecule has 0 radical (unpaired) electrons. The van der Waals surface area contributed by atoms with Gasteiger partial charge in [-0.05, 0) is 66.6 Å². The first-order valence-corrected chi connectivity index (χ1v) is 12.5. The Morgan fingerprint density at radius 3 is 2.29 bits per heavy atom. The fourth-order valence-electron chi connectivity index (χ4n) is 3.53. The van der Waals surface area contributed by atoms with Crippen molar-refractivity contribution in [3.8, 4) is 17.2 Å². The van der Waals surface area contributed by atoms with Crippen LogP contribution in [-0.4, -0.2) is 37.6 Å². The van der Waals surface area contributed by atoms with Crippen LogP contribution in [0.15, 0.2) is 70.6 Å². The zero-order chi connectivity index (χ0) is 25.3. The zero-order valence-corrected chi connectivity index (χ0v) is 20.6. The molecule has 0 saturated heterocycles. The third kappa shape index (κ3) is 5.08. The number of ether oxygens (including phenoxy) is 2. The molecule has 0 saturated carbocycles. The maximum absolute atomic E-state index is 13.3. The first-order valence-electron chi connectivity index (χ1n) is 10.2. The number of H-pyrrole nitrogens is 1. The van der Waals surface area contributed by atoms with Crippen molar-refractivity contribution in [2.45, 2.75) is 22.3 Å². The second-order valence-corrected chi connectivity index (χ2v) is 10.4. The van der Waals surface area contributed by atoms with Crippen molar-refractivity contribution in [1.82, 2.24) is 4.98 Å². The number of carbonyl (C=O) groups is 1. The van der Waals surface area contributed by atoms with Crippen molar-refractivity contribution < 1.29 is 27.8 Å². The van der Waals surface area contributed by atoms with Crippen molar-refractivity contribution in [1.29, 1.82) is 0 Å². The topological polar surface area (TPSA) is 132 Å². The number of hydrogen-bond acceptors (Lipinski definition) is 6. The van der Waals surface area contributed by atoms with Gasteiger partial charge in [-0.3, -0.25) is 4.79 Å². The summed E-state index contributed by atoms with van der Waals surface area (Å²) >= 11 is 12.7. The van der Waals surface area contributed by atoms with Gasteiger partial charge in [-0.25, -0.2) is 8.42 Å².